The summed E-state index contributed by atoms with van der Waals surface area (Å²) in [6.07, 6.45) is 1.16. The Bertz CT molecular complexity index is 625. The molecule has 20 heavy (non-hydrogen) atoms. The highest BCUT2D eigenvalue weighted by Gasteiger charge is 2.40. The molecule has 2 heterocycles. The standard InChI is InChI=1S/C14H12N2O3S/c1-18-14(17)10-11(13-15-7-8-20-13)19-12(16-10)9-5-3-2-4-6-9/h2-8,10-11H,1H3. The molecule has 0 saturated carbocycles. The number of hydrogen-bond donors (Lipinski definition) is 0. The molecule has 0 aliphatic carbocycles. The van der Waals surface area contributed by atoms with E-state index in [1.54, 1.807) is 6.20 Å². The van der Waals surface area contributed by atoms with Crippen molar-refractivity contribution in [1.82, 2.24) is 4.98 Å². The van der Waals surface area contributed by atoms with E-state index in [1.807, 2.05) is 35.7 Å². The van der Waals surface area contributed by atoms with Crippen LogP contribution in [-0.2, 0) is 14.3 Å². The van der Waals surface area contributed by atoms with E-state index in [0.717, 1.165) is 10.6 Å². The first-order valence-electron chi connectivity index (χ1n) is 6.06. The molecule has 0 N–H and O–H groups in total. The van der Waals surface area contributed by atoms with Crippen molar-refractivity contribution in [2.75, 3.05) is 7.11 Å². The number of esters is 1. The fourth-order valence-corrected chi connectivity index (χ4v) is 2.68. The maximum absolute atomic E-state index is 11.9. The van der Waals surface area contributed by atoms with Gasteiger partial charge < -0.3 is 9.47 Å². The molecule has 2 unspecified atom stereocenters. The Hall–Kier alpha value is -2.21. The Morgan fingerprint density at radius 2 is 2.15 bits per heavy atom. The fraction of sp³-hybridized carbons (Fsp3) is 0.214. The average Bonchev–Trinajstić information content (AvgIpc) is 3.16. The minimum atomic E-state index is -0.707. The number of rotatable bonds is 3. The summed E-state index contributed by atoms with van der Waals surface area (Å²) in [5.74, 6) is 0.0253. The minimum absolute atomic E-state index is 0.420. The molecule has 2 aromatic rings. The predicted octanol–water partition coefficient (Wildman–Crippen LogP) is 2.20. The van der Waals surface area contributed by atoms with Crippen LogP contribution in [0.15, 0.2) is 46.9 Å². The molecule has 0 spiro atoms. The Morgan fingerprint density at radius 1 is 1.35 bits per heavy atom. The van der Waals surface area contributed by atoms with Gasteiger partial charge in [-0.1, -0.05) is 18.2 Å². The molecule has 0 fully saturated rings. The van der Waals surface area contributed by atoms with Crippen LogP contribution in [-0.4, -0.2) is 30.0 Å². The highest BCUT2D eigenvalue weighted by Crippen LogP contribution is 2.32. The summed E-state index contributed by atoms with van der Waals surface area (Å²) in [4.78, 5) is 20.4. The number of carbonyl (C=O) groups excluding carboxylic acids is 1. The van der Waals surface area contributed by atoms with Crippen LogP contribution in [0, 0.1) is 0 Å². The van der Waals surface area contributed by atoms with E-state index in [4.69, 9.17) is 9.47 Å². The quantitative estimate of drug-likeness (QED) is 0.812. The fourth-order valence-electron chi connectivity index (χ4n) is 1.99. The smallest absolute Gasteiger partial charge is 0.335 e. The molecule has 1 aliphatic heterocycles. The first kappa shape index (κ1) is 12.8. The first-order chi connectivity index (χ1) is 9.79. The highest BCUT2D eigenvalue weighted by atomic mass is 32.1. The van der Waals surface area contributed by atoms with Crippen molar-refractivity contribution in [3.05, 3.63) is 52.5 Å². The Morgan fingerprint density at radius 3 is 2.80 bits per heavy atom. The van der Waals surface area contributed by atoms with Crippen molar-refractivity contribution in [3.8, 4) is 0 Å². The molecule has 1 aromatic carbocycles. The zero-order valence-corrected chi connectivity index (χ0v) is 11.5. The number of aromatic nitrogens is 1. The van der Waals surface area contributed by atoms with Gasteiger partial charge in [-0.05, 0) is 12.1 Å². The van der Waals surface area contributed by atoms with Crippen LogP contribution in [0.5, 0.6) is 0 Å². The Balaban J connectivity index is 1.93. The SMILES string of the molecule is COC(=O)C1N=C(c2ccccc2)OC1c1nccs1. The van der Waals surface area contributed by atoms with Crippen molar-refractivity contribution >= 4 is 23.2 Å². The monoisotopic (exact) mass is 288 g/mol. The third-order valence-corrected chi connectivity index (χ3v) is 3.78. The van der Waals surface area contributed by atoms with Crippen molar-refractivity contribution in [2.45, 2.75) is 12.1 Å². The van der Waals surface area contributed by atoms with Gasteiger partial charge in [0.05, 0.1) is 7.11 Å². The van der Waals surface area contributed by atoms with E-state index >= 15 is 0 Å². The van der Waals surface area contributed by atoms with Crippen LogP contribution in [0.2, 0.25) is 0 Å². The van der Waals surface area contributed by atoms with Crippen molar-refractivity contribution in [3.63, 3.8) is 0 Å². The van der Waals surface area contributed by atoms with Gasteiger partial charge in [0.15, 0.2) is 12.1 Å². The molecule has 1 aromatic heterocycles. The third kappa shape index (κ3) is 2.30. The van der Waals surface area contributed by atoms with E-state index in [-0.39, 0.29) is 0 Å². The molecule has 0 radical (unpaired) electrons. The van der Waals surface area contributed by atoms with E-state index < -0.39 is 18.1 Å². The lowest BCUT2D eigenvalue weighted by molar-refractivity contribution is -0.143. The van der Waals surface area contributed by atoms with Crippen LogP contribution in [0.1, 0.15) is 16.7 Å². The van der Waals surface area contributed by atoms with Gasteiger partial charge in [-0.2, -0.15) is 0 Å². The van der Waals surface area contributed by atoms with Gasteiger partial charge in [0.1, 0.15) is 5.01 Å². The lowest BCUT2D eigenvalue weighted by Gasteiger charge is -2.13. The number of thiazole rings is 1. The van der Waals surface area contributed by atoms with Gasteiger partial charge in [-0.3, -0.25) is 0 Å². The zero-order chi connectivity index (χ0) is 13.9. The summed E-state index contributed by atoms with van der Waals surface area (Å²) in [5.41, 5.74) is 0.834. The van der Waals surface area contributed by atoms with Crippen LogP contribution in [0.4, 0.5) is 0 Å². The van der Waals surface area contributed by atoms with Gasteiger partial charge in [-0.15, -0.1) is 11.3 Å². The van der Waals surface area contributed by atoms with Crippen molar-refractivity contribution < 1.29 is 14.3 Å². The van der Waals surface area contributed by atoms with Crippen LogP contribution in [0.3, 0.4) is 0 Å². The molecule has 102 valence electrons. The highest BCUT2D eigenvalue weighted by molar-refractivity contribution is 7.09. The number of hydrogen-bond acceptors (Lipinski definition) is 6. The number of nitrogens with zero attached hydrogens (tertiary/aromatic N) is 2. The van der Waals surface area contributed by atoms with Gasteiger partial charge in [0.25, 0.3) is 0 Å². The summed E-state index contributed by atoms with van der Waals surface area (Å²) in [6.45, 7) is 0. The maximum Gasteiger partial charge on any atom is 0.335 e. The molecule has 0 bridgehead atoms. The second-order valence-electron chi connectivity index (χ2n) is 4.18. The van der Waals surface area contributed by atoms with Gasteiger partial charge in [0.2, 0.25) is 5.90 Å². The normalized spacial score (nSPS) is 21.1. The third-order valence-electron chi connectivity index (χ3n) is 2.94. The molecular formula is C14H12N2O3S. The Kier molecular flexibility index (Phi) is 3.47. The van der Waals surface area contributed by atoms with E-state index in [1.165, 1.54) is 18.4 Å². The van der Waals surface area contributed by atoms with Crippen molar-refractivity contribution in [1.29, 1.82) is 0 Å². The minimum Gasteiger partial charge on any atom is -0.467 e. The molecule has 0 amide bonds. The molecule has 2 atom stereocenters. The van der Waals surface area contributed by atoms with E-state index in [2.05, 4.69) is 9.98 Å². The second-order valence-corrected chi connectivity index (χ2v) is 5.10. The van der Waals surface area contributed by atoms with E-state index in [9.17, 15) is 4.79 Å². The summed E-state index contributed by atoms with van der Waals surface area (Å²) in [5, 5.41) is 2.56. The lowest BCUT2D eigenvalue weighted by atomic mass is 10.2. The molecular weight excluding hydrogens is 276 g/mol. The summed E-state index contributed by atoms with van der Waals surface area (Å²) in [6, 6.07) is 8.77. The molecule has 3 rings (SSSR count). The van der Waals surface area contributed by atoms with Crippen LogP contribution < -0.4 is 0 Å². The molecule has 1 aliphatic rings. The average molecular weight is 288 g/mol. The number of aliphatic imine (C=N–C) groups is 1. The van der Waals surface area contributed by atoms with Crippen LogP contribution >= 0.6 is 11.3 Å². The maximum atomic E-state index is 11.9. The van der Waals surface area contributed by atoms with Gasteiger partial charge in [0, 0.05) is 17.1 Å². The zero-order valence-electron chi connectivity index (χ0n) is 10.7. The molecule has 6 heteroatoms. The largest absolute Gasteiger partial charge is 0.467 e. The lowest BCUT2D eigenvalue weighted by Crippen LogP contribution is -2.25. The molecule has 5 nitrogen and oxygen atoms in total. The number of methoxy groups -OCH3 is 1. The van der Waals surface area contributed by atoms with Crippen LogP contribution in [0.25, 0.3) is 0 Å². The number of carbonyl (C=O) groups is 1. The van der Waals surface area contributed by atoms with Gasteiger partial charge in [-0.25, -0.2) is 14.8 Å². The first-order valence-corrected chi connectivity index (χ1v) is 6.94. The second kappa shape index (κ2) is 5.42. The summed E-state index contributed by atoms with van der Waals surface area (Å²) < 4.78 is 10.6. The van der Waals surface area contributed by atoms with Crippen molar-refractivity contribution in [2.24, 2.45) is 4.99 Å². The predicted molar refractivity (Wildman–Crippen MR) is 74.7 cm³/mol. The Labute approximate surface area is 119 Å². The summed E-state index contributed by atoms with van der Waals surface area (Å²) in [7, 11) is 1.34. The number of benzene rings is 1. The van der Waals surface area contributed by atoms with E-state index in [0.29, 0.717) is 5.90 Å². The number of ether oxygens (including phenoxy) is 2. The summed E-state index contributed by atoms with van der Waals surface area (Å²) >= 11 is 1.43. The van der Waals surface area contributed by atoms with Gasteiger partial charge >= 0.3 is 5.97 Å². The molecule has 0 saturated heterocycles. The topological polar surface area (TPSA) is 60.8 Å².